The van der Waals surface area contributed by atoms with Crippen molar-refractivity contribution in [2.75, 3.05) is 35.4 Å². The van der Waals surface area contributed by atoms with Crippen molar-refractivity contribution < 1.29 is 19.0 Å². The van der Waals surface area contributed by atoms with E-state index in [4.69, 9.17) is 14.2 Å². The first-order valence-electron chi connectivity index (χ1n) is 5.56. The van der Waals surface area contributed by atoms with Gasteiger partial charge in [-0.15, -0.1) is 0 Å². The first-order valence-corrected chi connectivity index (χ1v) is 5.56. The van der Waals surface area contributed by atoms with Crippen molar-refractivity contribution in [1.82, 2.24) is 4.90 Å². The summed E-state index contributed by atoms with van der Waals surface area (Å²) in [7, 11) is 8.02. The molecule has 0 aliphatic heterocycles. The molecular formula is C14H17NO4. The average molecular weight is 263 g/mol. The van der Waals surface area contributed by atoms with Crippen LogP contribution < -0.4 is 14.2 Å². The molecule has 0 bridgehead atoms. The van der Waals surface area contributed by atoms with Gasteiger partial charge in [0.2, 0.25) is 5.78 Å². The first kappa shape index (κ1) is 14.7. The van der Waals surface area contributed by atoms with E-state index >= 15 is 0 Å². The highest BCUT2D eigenvalue weighted by Crippen LogP contribution is 2.34. The minimum absolute atomic E-state index is 0.341. The molecular weight excluding hydrogens is 246 g/mol. The predicted molar refractivity (Wildman–Crippen MR) is 71.9 cm³/mol. The van der Waals surface area contributed by atoms with E-state index in [-0.39, 0.29) is 5.78 Å². The maximum Gasteiger partial charge on any atom is 0.241 e. The lowest BCUT2D eigenvalue weighted by atomic mass is 10.1. The number of ether oxygens (including phenoxy) is 3. The third-order valence-corrected chi connectivity index (χ3v) is 2.34. The quantitative estimate of drug-likeness (QED) is 0.467. The SMILES string of the molecule is COc1cc(OC)c(C(=O)C#CN(C)C)cc1OC. The molecule has 0 atom stereocenters. The van der Waals surface area contributed by atoms with Gasteiger partial charge in [-0.05, 0) is 6.07 Å². The zero-order valence-corrected chi connectivity index (χ0v) is 11.7. The zero-order chi connectivity index (χ0) is 14.4. The molecule has 19 heavy (non-hydrogen) atoms. The molecule has 0 heterocycles. The third-order valence-electron chi connectivity index (χ3n) is 2.34. The fraction of sp³-hybridized carbons (Fsp3) is 0.357. The van der Waals surface area contributed by atoms with Gasteiger partial charge in [0.05, 0.1) is 26.9 Å². The molecule has 0 aliphatic rings. The molecule has 102 valence electrons. The number of rotatable bonds is 4. The van der Waals surface area contributed by atoms with Gasteiger partial charge >= 0.3 is 0 Å². The molecule has 1 aromatic carbocycles. The van der Waals surface area contributed by atoms with Crippen molar-refractivity contribution in [3.05, 3.63) is 17.7 Å². The number of ketones is 1. The summed E-state index contributed by atoms with van der Waals surface area (Å²) in [5.74, 6) is 3.53. The topological polar surface area (TPSA) is 48.0 Å². The summed E-state index contributed by atoms with van der Waals surface area (Å²) in [6.07, 6.45) is 0. The van der Waals surface area contributed by atoms with Crippen LogP contribution in [-0.4, -0.2) is 46.1 Å². The Morgan fingerprint density at radius 2 is 1.53 bits per heavy atom. The van der Waals surface area contributed by atoms with Crippen molar-refractivity contribution >= 4 is 5.78 Å². The number of hydrogen-bond donors (Lipinski definition) is 0. The third kappa shape index (κ3) is 3.55. The molecule has 0 saturated carbocycles. The Kier molecular flexibility index (Phi) is 5.07. The van der Waals surface area contributed by atoms with E-state index < -0.39 is 0 Å². The largest absolute Gasteiger partial charge is 0.496 e. The normalized spacial score (nSPS) is 9.11. The van der Waals surface area contributed by atoms with E-state index in [0.717, 1.165) is 0 Å². The summed E-state index contributed by atoms with van der Waals surface area (Å²) in [5.41, 5.74) is 0.342. The second kappa shape index (κ2) is 6.55. The number of Topliss-reactive ketones (excluding diaryl/α,β-unsaturated/α-hetero) is 1. The maximum atomic E-state index is 12.0. The van der Waals surface area contributed by atoms with Gasteiger partial charge in [0, 0.05) is 32.1 Å². The van der Waals surface area contributed by atoms with Gasteiger partial charge in [0.25, 0.3) is 0 Å². The lowest BCUT2D eigenvalue weighted by Gasteiger charge is -2.12. The van der Waals surface area contributed by atoms with Crippen LogP contribution in [0.5, 0.6) is 17.2 Å². The van der Waals surface area contributed by atoms with Crippen molar-refractivity contribution in [1.29, 1.82) is 0 Å². The minimum atomic E-state index is -0.341. The number of nitrogens with zero attached hydrogens (tertiary/aromatic N) is 1. The molecule has 0 saturated heterocycles. The molecule has 5 heteroatoms. The molecule has 0 fully saturated rings. The van der Waals surface area contributed by atoms with Crippen LogP contribution in [0.4, 0.5) is 0 Å². The van der Waals surface area contributed by atoms with Gasteiger partial charge in [-0.2, -0.15) is 0 Å². The molecule has 0 N–H and O–H groups in total. The Morgan fingerprint density at radius 3 is 2.00 bits per heavy atom. The van der Waals surface area contributed by atoms with Crippen molar-refractivity contribution in [2.45, 2.75) is 0 Å². The summed E-state index contributed by atoms with van der Waals surface area (Å²) in [4.78, 5) is 13.6. The van der Waals surface area contributed by atoms with E-state index in [2.05, 4.69) is 12.0 Å². The average Bonchev–Trinajstić information content (AvgIpc) is 2.42. The summed E-state index contributed by atoms with van der Waals surface area (Å²) in [6, 6.07) is 5.83. The summed E-state index contributed by atoms with van der Waals surface area (Å²) < 4.78 is 15.5. The second-order valence-electron chi connectivity index (χ2n) is 3.87. The van der Waals surface area contributed by atoms with E-state index in [1.807, 2.05) is 0 Å². The summed E-state index contributed by atoms with van der Waals surface area (Å²) in [5, 5.41) is 0. The minimum Gasteiger partial charge on any atom is -0.496 e. The molecule has 0 aliphatic carbocycles. The number of benzene rings is 1. The first-order chi connectivity index (χ1) is 9.03. The molecule has 5 nitrogen and oxygen atoms in total. The lowest BCUT2D eigenvalue weighted by Crippen LogP contribution is -2.05. The van der Waals surface area contributed by atoms with Crippen LogP contribution in [-0.2, 0) is 0 Å². The Balaban J connectivity index is 3.27. The fourth-order valence-corrected chi connectivity index (χ4v) is 1.44. The van der Waals surface area contributed by atoms with Crippen molar-refractivity contribution in [2.24, 2.45) is 0 Å². The van der Waals surface area contributed by atoms with Gasteiger partial charge < -0.3 is 19.1 Å². The molecule has 1 aromatic rings. The highest BCUT2D eigenvalue weighted by Gasteiger charge is 2.16. The van der Waals surface area contributed by atoms with Crippen molar-refractivity contribution in [3.63, 3.8) is 0 Å². The van der Waals surface area contributed by atoms with Gasteiger partial charge in [-0.3, -0.25) is 4.79 Å². The highest BCUT2D eigenvalue weighted by molar-refractivity contribution is 6.11. The van der Waals surface area contributed by atoms with E-state index in [1.54, 1.807) is 31.1 Å². The van der Waals surface area contributed by atoms with E-state index in [9.17, 15) is 4.79 Å². The van der Waals surface area contributed by atoms with Crippen LogP contribution in [0.3, 0.4) is 0 Å². The lowest BCUT2D eigenvalue weighted by molar-refractivity contribution is 0.105. The zero-order valence-electron chi connectivity index (χ0n) is 11.7. The van der Waals surface area contributed by atoms with Crippen LogP contribution in [0.25, 0.3) is 0 Å². The van der Waals surface area contributed by atoms with Gasteiger partial charge in [-0.25, -0.2) is 0 Å². The highest BCUT2D eigenvalue weighted by atomic mass is 16.5. The Bertz CT molecular complexity index is 526. The second-order valence-corrected chi connectivity index (χ2v) is 3.87. The molecule has 0 amide bonds. The Labute approximate surface area is 113 Å². The summed E-state index contributed by atoms with van der Waals surface area (Å²) in [6.45, 7) is 0. The van der Waals surface area contributed by atoms with Crippen LogP contribution in [0.2, 0.25) is 0 Å². The smallest absolute Gasteiger partial charge is 0.241 e. The van der Waals surface area contributed by atoms with E-state index in [0.29, 0.717) is 22.8 Å². The van der Waals surface area contributed by atoms with Crippen LogP contribution in [0.15, 0.2) is 12.1 Å². The Hall–Kier alpha value is -2.35. The van der Waals surface area contributed by atoms with Gasteiger partial charge in [-0.1, -0.05) is 0 Å². The maximum absolute atomic E-state index is 12.0. The molecule has 0 spiro atoms. The number of hydrogen-bond acceptors (Lipinski definition) is 5. The summed E-state index contributed by atoms with van der Waals surface area (Å²) >= 11 is 0. The molecule has 1 rings (SSSR count). The monoisotopic (exact) mass is 263 g/mol. The van der Waals surface area contributed by atoms with Crippen LogP contribution in [0.1, 0.15) is 10.4 Å². The van der Waals surface area contributed by atoms with E-state index in [1.165, 1.54) is 21.3 Å². The number of carbonyl (C=O) groups excluding carboxylic acids is 1. The van der Waals surface area contributed by atoms with Crippen LogP contribution in [0, 0.1) is 12.0 Å². The standard InChI is InChI=1S/C14H17NO4/c1-15(2)7-6-11(16)10-8-13(18-4)14(19-5)9-12(10)17-3/h8-9H,1-5H3. The Morgan fingerprint density at radius 1 is 1.00 bits per heavy atom. The molecule has 0 radical (unpaired) electrons. The molecule has 0 unspecified atom stereocenters. The predicted octanol–water partition coefficient (Wildman–Crippen LogP) is 1.42. The molecule has 0 aromatic heterocycles. The number of carbonyl (C=O) groups is 1. The van der Waals surface area contributed by atoms with Crippen molar-refractivity contribution in [3.8, 4) is 29.2 Å². The van der Waals surface area contributed by atoms with Crippen LogP contribution >= 0.6 is 0 Å². The number of methoxy groups -OCH3 is 3. The van der Waals surface area contributed by atoms with Gasteiger partial charge in [0.1, 0.15) is 5.75 Å². The fourth-order valence-electron chi connectivity index (χ4n) is 1.44. The van der Waals surface area contributed by atoms with Gasteiger partial charge in [0.15, 0.2) is 11.5 Å².